The molecule has 2 unspecified atom stereocenters. The third-order valence-electron chi connectivity index (χ3n) is 4.89. The van der Waals surface area contributed by atoms with E-state index < -0.39 is 5.60 Å². The number of halogens is 1. The molecule has 0 aliphatic carbocycles. The second-order valence-corrected chi connectivity index (χ2v) is 7.57. The van der Waals surface area contributed by atoms with E-state index in [1.165, 1.54) is 6.42 Å². The number of rotatable bonds is 3. The summed E-state index contributed by atoms with van der Waals surface area (Å²) in [6.45, 7) is 6.46. The summed E-state index contributed by atoms with van der Waals surface area (Å²) < 4.78 is 5.44. The highest BCUT2D eigenvalue weighted by atomic mass is 127. The largest absolute Gasteiger partial charge is 0.387 e. The highest BCUT2D eigenvalue weighted by molar-refractivity contribution is 14.0. The molecule has 0 aromatic heterocycles. The molecule has 3 rings (SSSR count). The summed E-state index contributed by atoms with van der Waals surface area (Å²) in [5.74, 6) is 2.81. The summed E-state index contributed by atoms with van der Waals surface area (Å²) >= 11 is 1.83. The van der Waals surface area contributed by atoms with Crippen LogP contribution in [0.15, 0.2) is 4.99 Å². The normalized spacial score (nSPS) is 32.9. The van der Waals surface area contributed by atoms with Gasteiger partial charge in [-0.3, -0.25) is 9.89 Å². The van der Waals surface area contributed by atoms with Gasteiger partial charge in [-0.05, 0) is 18.6 Å². The lowest BCUT2D eigenvalue weighted by Gasteiger charge is -2.32. The summed E-state index contributed by atoms with van der Waals surface area (Å²) in [5.41, 5.74) is -0.566. The maximum atomic E-state index is 10.5. The average molecular weight is 456 g/mol. The van der Waals surface area contributed by atoms with Crippen LogP contribution in [0.25, 0.3) is 0 Å². The predicted octanol–water partition coefficient (Wildman–Crippen LogP) is 0.454. The molecule has 134 valence electrons. The average Bonchev–Trinajstić information content (AvgIpc) is 3.19. The Bertz CT molecular complexity index is 401. The van der Waals surface area contributed by atoms with Crippen LogP contribution in [-0.4, -0.2) is 97.0 Å². The fourth-order valence-corrected chi connectivity index (χ4v) is 4.78. The molecule has 3 aliphatic rings. The van der Waals surface area contributed by atoms with Crippen LogP contribution in [-0.2, 0) is 4.74 Å². The van der Waals surface area contributed by atoms with E-state index in [0.29, 0.717) is 12.6 Å². The van der Waals surface area contributed by atoms with Crippen molar-refractivity contribution in [3.8, 4) is 0 Å². The Labute approximate surface area is 160 Å². The lowest BCUT2D eigenvalue weighted by Crippen LogP contribution is -2.50. The van der Waals surface area contributed by atoms with Gasteiger partial charge in [-0.15, -0.1) is 24.0 Å². The summed E-state index contributed by atoms with van der Waals surface area (Å²) in [6.07, 6.45) is 2.05. The number of nitrogens with one attached hydrogen (secondary N) is 1. The van der Waals surface area contributed by atoms with E-state index in [1.807, 2.05) is 18.8 Å². The quantitative estimate of drug-likeness (QED) is 0.366. The van der Waals surface area contributed by atoms with Crippen molar-refractivity contribution in [3.05, 3.63) is 0 Å². The van der Waals surface area contributed by atoms with E-state index in [1.54, 1.807) is 0 Å². The number of nitrogens with zero attached hydrogens (tertiary/aromatic N) is 3. The highest BCUT2D eigenvalue weighted by Gasteiger charge is 2.34. The zero-order valence-corrected chi connectivity index (χ0v) is 17.0. The van der Waals surface area contributed by atoms with E-state index in [2.05, 4.69) is 20.1 Å². The smallest absolute Gasteiger partial charge is 0.193 e. The first-order valence-electron chi connectivity index (χ1n) is 8.28. The van der Waals surface area contributed by atoms with Gasteiger partial charge in [0.1, 0.15) is 0 Å². The molecule has 2 N–H and O–H groups in total. The molecule has 3 saturated heterocycles. The predicted molar refractivity (Wildman–Crippen MR) is 106 cm³/mol. The Morgan fingerprint density at radius 1 is 1.39 bits per heavy atom. The van der Waals surface area contributed by atoms with Crippen molar-refractivity contribution < 1.29 is 9.84 Å². The van der Waals surface area contributed by atoms with Crippen LogP contribution in [0.1, 0.15) is 12.8 Å². The molecular weight excluding hydrogens is 427 g/mol. The molecule has 23 heavy (non-hydrogen) atoms. The second-order valence-electron chi connectivity index (χ2n) is 6.46. The number of likely N-dealkylation sites (tertiary alicyclic amines) is 1. The SMILES string of the molecule is CN=C(NCC1(O)CCSC1)N1CCC(N2CCOCC2)C1.I. The van der Waals surface area contributed by atoms with Crippen LogP contribution in [0.5, 0.6) is 0 Å². The van der Waals surface area contributed by atoms with Crippen molar-refractivity contribution >= 4 is 41.7 Å². The first kappa shape index (κ1) is 19.6. The summed E-state index contributed by atoms with van der Waals surface area (Å²) in [6, 6.07) is 0.604. The van der Waals surface area contributed by atoms with Crippen molar-refractivity contribution in [3.63, 3.8) is 0 Å². The van der Waals surface area contributed by atoms with E-state index >= 15 is 0 Å². The second kappa shape index (κ2) is 9.07. The zero-order valence-electron chi connectivity index (χ0n) is 13.9. The molecule has 6 nitrogen and oxygen atoms in total. The Kier molecular flexibility index (Phi) is 7.71. The first-order valence-corrected chi connectivity index (χ1v) is 9.43. The zero-order chi connectivity index (χ0) is 15.4. The van der Waals surface area contributed by atoms with Gasteiger partial charge >= 0.3 is 0 Å². The van der Waals surface area contributed by atoms with Crippen molar-refractivity contribution in [1.82, 2.24) is 15.1 Å². The van der Waals surface area contributed by atoms with E-state index in [-0.39, 0.29) is 24.0 Å². The maximum Gasteiger partial charge on any atom is 0.193 e. The molecule has 0 amide bonds. The standard InChI is InChI=1S/C15H28N4O2S.HI/c1-16-14(17-11-15(20)3-9-22-12-15)19-4-2-13(10-19)18-5-7-21-8-6-18;/h13,20H,2-12H2,1H3,(H,16,17);1H. The van der Waals surface area contributed by atoms with Crippen molar-refractivity contribution in [2.75, 3.05) is 64.5 Å². The van der Waals surface area contributed by atoms with Gasteiger partial charge in [-0.2, -0.15) is 11.8 Å². The molecule has 3 fully saturated rings. The van der Waals surface area contributed by atoms with Crippen LogP contribution in [0.2, 0.25) is 0 Å². The van der Waals surface area contributed by atoms with E-state index in [0.717, 1.165) is 63.3 Å². The molecule has 3 aliphatic heterocycles. The monoisotopic (exact) mass is 456 g/mol. The third kappa shape index (κ3) is 5.10. The molecular formula is C15H29IN4O2S. The van der Waals surface area contributed by atoms with Gasteiger partial charge in [0.25, 0.3) is 0 Å². The Hall–Kier alpha value is 0.230. The van der Waals surface area contributed by atoms with Gasteiger partial charge in [0.05, 0.1) is 18.8 Å². The number of aliphatic hydroxyl groups is 1. The van der Waals surface area contributed by atoms with Gasteiger partial charge in [0.15, 0.2) is 5.96 Å². The molecule has 3 heterocycles. The number of guanidine groups is 1. The molecule has 0 aromatic carbocycles. The van der Waals surface area contributed by atoms with Gasteiger partial charge in [0.2, 0.25) is 0 Å². The fourth-order valence-electron chi connectivity index (χ4n) is 3.49. The first-order chi connectivity index (χ1) is 10.7. The number of aliphatic imine (C=N–C) groups is 1. The van der Waals surface area contributed by atoms with Gasteiger partial charge in [0, 0.05) is 51.6 Å². The Balaban J connectivity index is 0.00000192. The lowest BCUT2D eigenvalue weighted by molar-refractivity contribution is 0.0194. The maximum absolute atomic E-state index is 10.5. The minimum atomic E-state index is -0.566. The topological polar surface area (TPSA) is 60.3 Å². The molecule has 2 atom stereocenters. The summed E-state index contributed by atoms with van der Waals surface area (Å²) in [5, 5.41) is 13.8. The van der Waals surface area contributed by atoms with Gasteiger partial charge in [-0.25, -0.2) is 0 Å². The van der Waals surface area contributed by atoms with E-state index in [4.69, 9.17) is 4.74 Å². The Morgan fingerprint density at radius 3 is 2.83 bits per heavy atom. The Morgan fingerprint density at radius 2 is 2.17 bits per heavy atom. The number of hydrogen-bond acceptors (Lipinski definition) is 5. The summed E-state index contributed by atoms with van der Waals surface area (Å²) in [4.78, 5) is 9.28. The number of thioether (sulfide) groups is 1. The lowest BCUT2D eigenvalue weighted by atomic mass is 10.0. The van der Waals surface area contributed by atoms with Crippen molar-refractivity contribution in [1.29, 1.82) is 0 Å². The highest BCUT2D eigenvalue weighted by Crippen LogP contribution is 2.27. The molecule has 0 spiro atoms. The van der Waals surface area contributed by atoms with Crippen molar-refractivity contribution in [2.45, 2.75) is 24.5 Å². The van der Waals surface area contributed by atoms with Crippen LogP contribution in [0.4, 0.5) is 0 Å². The molecule has 8 heteroatoms. The van der Waals surface area contributed by atoms with Crippen LogP contribution >= 0.6 is 35.7 Å². The van der Waals surface area contributed by atoms with Crippen LogP contribution in [0.3, 0.4) is 0 Å². The number of hydrogen-bond donors (Lipinski definition) is 2. The molecule has 0 saturated carbocycles. The number of morpholine rings is 1. The molecule has 0 bridgehead atoms. The van der Waals surface area contributed by atoms with E-state index in [9.17, 15) is 5.11 Å². The summed E-state index contributed by atoms with van der Waals surface area (Å²) in [7, 11) is 1.83. The minimum absolute atomic E-state index is 0. The molecule has 0 radical (unpaired) electrons. The van der Waals surface area contributed by atoms with Crippen LogP contribution in [0, 0.1) is 0 Å². The van der Waals surface area contributed by atoms with Gasteiger partial charge in [-0.1, -0.05) is 0 Å². The third-order valence-corrected chi connectivity index (χ3v) is 6.13. The van der Waals surface area contributed by atoms with Crippen molar-refractivity contribution in [2.24, 2.45) is 4.99 Å². The van der Waals surface area contributed by atoms with Crippen LogP contribution < -0.4 is 5.32 Å². The fraction of sp³-hybridized carbons (Fsp3) is 0.933. The van der Waals surface area contributed by atoms with Gasteiger partial charge < -0.3 is 20.1 Å². The minimum Gasteiger partial charge on any atom is -0.387 e. The number of ether oxygens (including phenoxy) is 1. The molecule has 0 aromatic rings.